The zero-order valence-electron chi connectivity index (χ0n) is 17.4. The Kier molecular flexibility index (Phi) is 5.78. The van der Waals surface area contributed by atoms with Gasteiger partial charge in [-0.2, -0.15) is 0 Å². The Morgan fingerprint density at radius 2 is 1.65 bits per heavy atom. The summed E-state index contributed by atoms with van der Waals surface area (Å²) in [5.41, 5.74) is 3.70. The van der Waals surface area contributed by atoms with Crippen LogP contribution in [0.2, 0.25) is 5.02 Å². The average molecular weight is 433 g/mol. The van der Waals surface area contributed by atoms with Gasteiger partial charge in [-0.3, -0.25) is 9.69 Å². The maximum Gasteiger partial charge on any atom is 0.282 e. The van der Waals surface area contributed by atoms with E-state index in [2.05, 4.69) is 4.99 Å². The van der Waals surface area contributed by atoms with Gasteiger partial charge in [0.15, 0.2) is 0 Å². The fourth-order valence-corrected chi connectivity index (χ4v) is 3.45. The molecule has 6 heteroatoms. The molecular formula is C25H21ClN2O3. The molecule has 1 aliphatic heterocycles. The minimum absolute atomic E-state index is 0.216. The third-order valence-corrected chi connectivity index (χ3v) is 5.24. The van der Waals surface area contributed by atoms with Gasteiger partial charge < -0.3 is 9.47 Å². The van der Waals surface area contributed by atoms with E-state index < -0.39 is 0 Å². The predicted octanol–water partition coefficient (Wildman–Crippen LogP) is 5.50. The molecule has 0 aliphatic carbocycles. The first-order valence-corrected chi connectivity index (χ1v) is 10.1. The highest BCUT2D eigenvalue weighted by molar-refractivity contribution is 6.34. The van der Waals surface area contributed by atoms with Crippen LogP contribution in [0.25, 0.3) is 6.08 Å². The van der Waals surface area contributed by atoms with Crippen LogP contribution in [0.15, 0.2) is 77.4 Å². The number of anilines is 1. The van der Waals surface area contributed by atoms with Crippen molar-refractivity contribution in [1.82, 2.24) is 0 Å². The summed E-state index contributed by atoms with van der Waals surface area (Å²) in [6, 6.07) is 20.5. The van der Waals surface area contributed by atoms with Crippen molar-refractivity contribution in [3.05, 3.63) is 94.1 Å². The van der Waals surface area contributed by atoms with E-state index in [0.29, 0.717) is 28.1 Å². The Balaban J connectivity index is 1.82. The summed E-state index contributed by atoms with van der Waals surface area (Å²) in [5.74, 6) is 1.59. The first kappa shape index (κ1) is 20.7. The number of ether oxygens (including phenoxy) is 2. The van der Waals surface area contributed by atoms with Crippen LogP contribution in [0.4, 0.5) is 5.69 Å². The first-order chi connectivity index (χ1) is 15.0. The summed E-state index contributed by atoms with van der Waals surface area (Å²) < 4.78 is 10.7. The Hall–Kier alpha value is -3.57. The molecule has 1 heterocycles. The molecule has 5 nitrogen and oxygen atoms in total. The second-order valence-corrected chi connectivity index (χ2v) is 7.49. The highest BCUT2D eigenvalue weighted by atomic mass is 35.5. The lowest BCUT2D eigenvalue weighted by molar-refractivity contribution is -0.113. The minimum Gasteiger partial charge on any atom is -0.497 e. The molecule has 0 unspecified atom stereocenters. The normalized spacial score (nSPS) is 14.7. The Bertz CT molecular complexity index is 1180. The number of carbonyl (C=O) groups is 1. The van der Waals surface area contributed by atoms with E-state index >= 15 is 0 Å². The fourth-order valence-electron chi connectivity index (χ4n) is 3.33. The van der Waals surface area contributed by atoms with E-state index in [-0.39, 0.29) is 5.91 Å². The maximum atomic E-state index is 13.4. The van der Waals surface area contributed by atoms with Crippen LogP contribution in [0.1, 0.15) is 16.7 Å². The van der Waals surface area contributed by atoms with Gasteiger partial charge >= 0.3 is 0 Å². The molecule has 31 heavy (non-hydrogen) atoms. The number of amidine groups is 1. The molecule has 4 rings (SSSR count). The number of hydrogen-bond donors (Lipinski definition) is 0. The highest BCUT2D eigenvalue weighted by Crippen LogP contribution is 2.31. The van der Waals surface area contributed by atoms with Crippen LogP contribution in [0.3, 0.4) is 0 Å². The molecule has 0 fully saturated rings. The molecule has 3 aromatic carbocycles. The second-order valence-electron chi connectivity index (χ2n) is 7.06. The summed E-state index contributed by atoms with van der Waals surface area (Å²) in [6.07, 6.45) is 1.73. The molecule has 0 saturated heterocycles. The third kappa shape index (κ3) is 4.18. The van der Waals surface area contributed by atoms with Gasteiger partial charge in [0, 0.05) is 22.2 Å². The maximum absolute atomic E-state index is 13.4. The van der Waals surface area contributed by atoms with Crippen molar-refractivity contribution in [2.45, 2.75) is 6.92 Å². The summed E-state index contributed by atoms with van der Waals surface area (Å²) in [7, 11) is 3.17. The van der Waals surface area contributed by atoms with Gasteiger partial charge in [-0.15, -0.1) is 0 Å². The second kappa shape index (κ2) is 8.66. The van der Waals surface area contributed by atoms with E-state index in [9.17, 15) is 4.79 Å². The highest BCUT2D eigenvalue weighted by Gasteiger charge is 2.32. The predicted molar refractivity (Wildman–Crippen MR) is 124 cm³/mol. The molecule has 0 saturated carbocycles. The van der Waals surface area contributed by atoms with Crippen LogP contribution < -0.4 is 14.4 Å². The van der Waals surface area contributed by atoms with Gasteiger partial charge in [0.05, 0.1) is 19.9 Å². The zero-order chi connectivity index (χ0) is 22.0. The van der Waals surface area contributed by atoms with Crippen molar-refractivity contribution >= 4 is 35.1 Å². The number of aliphatic imine (C=N–C) groups is 1. The molecule has 156 valence electrons. The number of methoxy groups -OCH3 is 2. The van der Waals surface area contributed by atoms with Crippen molar-refractivity contribution in [3.8, 4) is 11.5 Å². The molecule has 0 aromatic heterocycles. The van der Waals surface area contributed by atoms with E-state index in [1.54, 1.807) is 43.4 Å². The van der Waals surface area contributed by atoms with Gasteiger partial charge in [0.25, 0.3) is 5.91 Å². The van der Waals surface area contributed by atoms with E-state index in [1.807, 2.05) is 55.5 Å². The number of halogens is 1. The number of nitrogens with zero attached hydrogens (tertiary/aromatic N) is 2. The standard InChI is InChI=1S/C25H21ClN2O3/c1-16-4-11-20(12-5-16)28-24(17-6-9-19(26)10-7-17)27-22(25(28)29)14-18-8-13-21(30-2)15-23(18)31-3/h4-15H,1-3H3/b22-14+. The van der Waals surface area contributed by atoms with Gasteiger partial charge in [-0.1, -0.05) is 29.3 Å². The summed E-state index contributed by atoms with van der Waals surface area (Å²) in [5, 5.41) is 0.620. The van der Waals surface area contributed by atoms with Crippen molar-refractivity contribution < 1.29 is 14.3 Å². The van der Waals surface area contributed by atoms with Crippen molar-refractivity contribution in [2.75, 3.05) is 19.1 Å². The van der Waals surface area contributed by atoms with E-state index in [1.165, 1.54) is 0 Å². The Morgan fingerprint density at radius 1 is 0.935 bits per heavy atom. The smallest absolute Gasteiger partial charge is 0.282 e. The van der Waals surface area contributed by atoms with Gasteiger partial charge in [-0.25, -0.2) is 4.99 Å². The molecule has 0 bridgehead atoms. The minimum atomic E-state index is -0.216. The van der Waals surface area contributed by atoms with Gasteiger partial charge in [-0.05, 0) is 61.5 Å². The summed E-state index contributed by atoms with van der Waals surface area (Å²) in [4.78, 5) is 19.7. The first-order valence-electron chi connectivity index (χ1n) is 9.69. The molecule has 1 aliphatic rings. The average Bonchev–Trinajstić information content (AvgIpc) is 3.11. The number of hydrogen-bond acceptors (Lipinski definition) is 4. The third-order valence-electron chi connectivity index (χ3n) is 4.99. The Morgan fingerprint density at radius 3 is 2.29 bits per heavy atom. The number of amides is 1. The van der Waals surface area contributed by atoms with Crippen molar-refractivity contribution in [3.63, 3.8) is 0 Å². The lowest BCUT2D eigenvalue weighted by Crippen LogP contribution is -2.32. The zero-order valence-corrected chi connectivity index (χ0v) is 18.2. The molecular weight excluding hydrogens is 412 g/mol. The largest absolute Gasteiger partial charge is 0.497 e. The molecule has 1 amide bonds. The quantitative estimate of drug-likeness (QED) is 0.500. The lowest BCUT2D eigenvalue weighted by atomic mass is 10.1. The van der Waals surface area contributed by atoms with Gasteiger partial charge in [0.1, 0.15) is 23.0 Å². The molecule has 0 spiro atoms. The topological polar surface area (TPSA) is 51.1 Å². The van der Waals surface area contributed by atoms with Crippen molar-refractivity contribution in [2.24, 2.45) is 4.99 Å². The van der Waals surface area contributed by atoms with Crippen LogP contribution >= 0.6 is 11.6 Å². The number of carbonyl (C=O) groups excluding carboxylic acids is 1. The molecule has 0 N–H and O–H groups in total. The van der Waals surface area contributed by atoms with Crippen LogP contribution in [-0.2, 0) is 4.79 Å². The molecule has 3 aromatic rings. The Labute approximate surface area is 186 Å². The van der Waals surface area contributed by atoms with E-state index in [4.69, 9.17) is 21.1 Å². The van der Waals surface area contributed by atoms with Gasteiger partial charge in [0.2, 0.25) is 0 Å². The molecule has 0 atom stereocenters. The van der Waals surface area contributed by atoms with E-state index in [0.717, 1.165) is 22.4 Å². The molecule has 0 radical (unpaired) electrons. The monoisotopic (exact) mass is 432 g/mol. The van der Waals surface area contributed by atoms with Crippen LogP contribution in [-0.4, -0.2) is 26.0 Å². The number of aryl methyl sites for hydroxylation is 1. The fraction of sp³-hybridized carbons (Fsp3) is 0.120. The summed E-state index contributed by atoms with van der Waals surface area (Å²) >= 11 is 6.06. The summed E-state index contributed by atoms with van der Waals surface area (Å²) in [6.45, 7) is 2.01. The SMILES string of the molecule is COc1ccc(/C=C2/N=C(c3ccc(Cl)cc3)N(c3ccc(C)cc3)C2=O)c(OC)c1. The number of benzene rings is 3. The number of rotatable bonds is 5. The van der Waals surface area contributed by atoms with Crippen LogP contribution in [0.5, 0.6) is 11.5 Å². The van der Waals surface area contributed by atoms with Crippen LogP contribution in [0, 0.1) is 6.92 Å². The van der Waals surface area contributed by atoms with Crippen molar-refractivity contribution in [1.29, 1.82) is 0 Å². The lowest BCUT2D eigenvalue weighted by Gasteiger charge is -2.18.